The number of hydrogen-bond donors (Lipinski definition) is 1. The molecule has 0 bridgehead atoms. The second kappa shape index (κ2) is 11.0. The topological polar surface area (TPSA) is 64.6 Å². The quantitative estimate of drug-likeness (QED) is 0.500. The van der Waals surface area contributed by atoms with Crippen LogP contribution in [0.1, 0.15) is 24.5 Å². The van der Waals surface area contributed by atoms with E-state index in [1.807, 2.05) is 61.5 Å². The average Bonchev–Trinajstić information content (AvgIpc) is 2.70. The van der Waals surface area contributed by atoms with Crippen LogP contribution in [0.25, 0.3) is 0 Å². The summed E-state index contributed by atoms with van der Waals surface area (Å²) in [4.78, 5) is 12.6. The zero-order chi connectivity index (χ0) is 19.6. The summed E-state index contributed by atoms with van der Waals surface area (Å²) in [6.07, 6.45) is 0.542. The third-order valence-electron chi connectivity index (χ3n) is 4.35. The second-order valence-corrected chi connectivity index (χ2v) is 7.69. The Bertz CT molecular complexity index is 734. The first kappa shape index (κ1) is 21.3. The van der Waals surface area contributed by atoms with E-state index in [2.05, 4.69) is 4.72 Å². The Morgan fingerprint density at radius 1 is 1.11 bits per heavy atom. The third-order valence-corrected chi connectivity index (χ3v) is 5.57. The van der Waals surface area contributed by atoms with Crippen molar-refractivity contribution in [3.8, 4) is 0 Å². The highest BCUT2D eigenvalue weighted by Gasteiger charge is 2.26. The van der Waals surface area contributed by atoms with Gasteiger partial charge in [-0.1, -0.05) is 55.0 Å². The van der Waals surface area contributed by atoms with Gasteiger partial charge in [-0.3, -0.25) is 4.79 Å². The highest BCUT2D eigenvalue weighted by molar-refractivity contribution is 7.83. The van der Waals surface area contributed by atoms with Crippen LogP contribution < -0.4 is 4.72 Å². The van der Waals surface area contributed by atoms with Gasteiger partial charge in [-0.2, -0.15) is 0 Å². The Labute approximate surface area is 163 Å². The highest BCUT2D eigenvalue weighted by Crippen LogP contribution is 2.14. The van der Waals surface area contributed by atoms with E-state index in [9.17, 15) is 9.00 Å². The molecule has 5 nitrogen and oxygen atoms in total. The molecule has 0 saturated carbocycles. The van der Waals surface area contributed by atoms with Crippen molar-refractivity contribution in [2.45, 2.75) is 37.8 Å². The van der Waals surface area contributed by atoms with E-state index in [0.29, 0.717) is 24.5 Å². The van der Waals surface area contributed by atoms with E-state index in [-0.39, 0.29) is 12.0 Å². The first-order valence-electron chi connectivity index (χ1n) is 8.95. The van der Waals surface area contributed by atoms with Gasteiger partial charge in [0, 0.05) is 12.6 Å². The van der Waals surface area contributed by atoms with Gasteiger partial charge < -0.3 is 9.47 Å². The van der Waals surface area contributed by atoms with Gasteiger partial charge in [0.15, 0.2) is 0 Å². The lowest BCUT2D eigenvalue weighted by molar-refractivity contribution is -0.145. The number of carbonyl (C=O) groups excluding carboxylic acids is 1. The van der Waals surface area contributed by atoms with Gasteiger partial charge in [0.05, 0.1) is 24.5 Å². The summed E-state index contributed by atoms with van der Waals surface area (Å²) < 4.78 is 26.3. The predicted molar refractivity (Wildman–Crippen MR) is 106 cm³/mol. The molecule has 27 heavy (non-hydrogen) atoms. The van der Waals surface area contributed by atoms with Gasteiger partial charge in [-0.25, -0.2) is 8.93 Å². The van der Waals surface area contributed by atoms with Crippen LogP contribution in [0.15, 0.2) is 59.5 Å². The first-order chi connectivity index (χ1) is 13.0. The van der Waals surface area contributed by atoms with Crippen LogP contribution in [0.2, 0.25) is 0 Å². The maximum atomic E-state index is 12.6. The number of ether oxygens (including phenoxy) is 2. The molecule has 0 fully saturated rings. The van der Waals surface area contributed by atoms with Crippen molar-refractivity contribution in [2.24, 2.45) is 5.92 Å². The predicted octanol–water partition coefficient (Wildman–Crippen LogP) is 3.39. The van der Waals surface area contributed by atoms with Gasteiger partial charge in [0.25, 0.3) is 0 Å². The Balaban J connectivity index is 1.94. The summed E-state index contributed by atoms with van der Waals surface area (Å²) in [6, 6.07) is 17.0. The maximum Gasteiger partial charge on any atom is 0.309 e. The molecule has 3 atom stereocenters. The number of rotatable bonds is 10. The standard InChI is InChI=1S/C21H27NO4S/c1-16-9-11-19(12-10-16)27(24)22-20(17(2)21(23)25-3)13-14-26-15-18-7-5-4-6-8-18/h4-12,17,20,22H,13-15H2,1-3H3/t17-,20-,27-/m0/s1. The summed E-state index contributed by atoms with van der Waals surface area (Å²) in [6.45, 7) is 4.69. The minimum atomic E-state index is -1.42. The van der Waals surface area contributed by atoms with Crippen molar-refractivity contribution in [3.05, 3.63) is 65.7 Å². The largest absolute Gasteiger partial charge is 0.469 e. The highest BCUT2D eigenvalue weighted by atomic mass is 32.2. The van der Waals surface area contributed by atoms with Crippen molar-refractivity contribution in [3.63, 3.8) is 0 Å². The number of aryl methyl sites for hydroxylation is 1. The van der Waals surface area contributed by atoms with Crippen LogP contribution >= 0.6 is 0 Å². The SMILES string of the molecule is COC(=O)[C@@H](C)[C@H](CCOCc1ccccc1)N[S@@](=O)c1ccc(C)cc1. The molecule has 0 radical (unpaired) electrons. The van der Waals surface area contributed by atoms with Gasteiger partial charge in [-0.15, -0.1) is 0 Å². The minimum absolute atomic E-state index is 0.324. The summed E-state index contributed by atoms with van der Waals surface area (Å²) in [7, 11) is -0.0557. The number of hydrogen-bond acceptors (Lipinski definition) is 4. The van der Waals surface area contributed by atoms with E-state index >= 15 is 0 Å². The molecule has 0 spiro atoms. The Kier molecular flexibility index (Phi) is 8.64. The fraction of sp³-hybridized carbons (Fsp3) is 0.381. The molecule has 2 aromatic carbocycles. The van der Waals surface area contributed by atoms with Crippen LogP contribution in [0.3, 0.4) is 0 Å². The van der Waals surface area contributed by atoms with Crippen molar-refractivity contribution in [2.75, 3.05) is 13.7 Å². The van der Waals surface area contributed by atoms with Crippen LogP contribution in [0.4, 0.5) is 0 Å². The lowest BCUT2D eigenvalue weighted by Gasteiger charge is -2.23. The average molecular weight is 390 g/mol. The molecule has 0 saturated heterocycles. The molecule has 146 valence electrons. The van der Waals surface area contributed by atoms with E-state index in [0.717, 1.165) is 11.1 Å². The molecule has 0 unspecified atom stereocenters. The van der Waals surface area contributed by atoms with Crippen LogP contribution in [0, 0.1) is 12.8 Å². The van der Waals surface area contributed by atoms with Crippen LogP contribution in [-0.4, -0.2) is 29.9 Å². The number of nitrogens with one attached hydrogen (secondary N) is 1. The number of carbonyl (C=O) groups is 1. The molecule has 0 aliphatic rings. The molecule has 6 heteroatoms. The zero-order valence-corrected chi connectivity index (χ0v) is 16.8. The monoisotopic (exact) mass is 389 g/mol. The minimum Gasteiger partial charge on any atom is -0.469 e. The summed E-state index contributed by atoms with van der Waals surface area (Å²) in [5, 5.41) is 0. The molecular formula is C21H27NO4S. The van der Waals surface area contributed by atoms with Crippen molar-refractivity contribution < 1.29 is 18.5 Å². The van der Waals surface area contributed by atoms with E-state index < -0.39 is 16.9 Å². The summed E-state index contributed by atoms with van der Waals surface area (Å²) in [5.41, 5.74) is 2.19. The van der Waals surface area contributed by atoms with Gasteiger partial charge in [0.1, 0.15) is 11.0 Å². The molecule has 0 aromatic heterocycles. The van der Waals surface area contributed by atoms with Crippen molar-refractivity contribution in [1.29, 1.82) is 0 Å². The van der Waals surface area contributed by atoms with Crippen molar-refractivity contribution in [1.82, 2.24) is 4.72 Å². The molecule has 2 rings (SSSR count). The second-order valence-electron chi connectivity index (χ2n) is 6.44. The van der Waals surface area contributed by atoms with Gasteiger partial charge >= 0.3 is 5.97 Å². The molecule has 0 heterocycles. The Hall–Kier alpha value is -2.02. The lowest BCUT2D eigenvalue weighted by Crippen LogP contribution is -2.41. The van der Waals surface area contributed by atoms with E-state index in [1.165, 1.54) is 7.11 Å². The Morgan fingerprint density at radius 2 is 1.78 bits per heavy atom. The summed E-state index contributed by atoms with van der Waals surface area (Å²) >= 11 is 0. The number of methoxy groups -OCH3 is 1. The molecule has 1 N–H and O–H groups in total. The van der Waals surface area contributed by atoms with Gasteiger partial charge in [0.2, 0.25) is 0 Å². The third kappa shape index (κ3) is 6.90. The fourth-order valence-electron chi connectivity index (χ4n) is 2.60. The Morgan fingerprint density at radius 3 is 2.41 bits per heavy atom. The van der Waals surface area contributed by atoms with Gasteiger partial charge in [-0.05, 0) is 31.0 Å². The van der Waals surface area contributed by atoms with E-state index in [4.69, 9.17) is 9.47 Å². The smallest absolute Gasteiger partial charge is 0.309 e. The summed E-state index contributed by atoms with van der Waals surface area (Å²) in [5.74, 6) is -0.777. The molecular weight excluding hydrogens is 362 g/mol. The van der Waals surface area contributed by atoms with Crippen LogP contribution in [-0.2, 0) is 31.9 Å². The first-order valence-corrected chi connectivity index (χ1v) is 10.1. The zero-order valence-electron chi connectivity index (χ0n) is 16.0. The fourth-order valence-corrected chi connectivity index (χ4v) is 3.72. The lowest BCUT2D eigenvalue weighted by atomic mass is 10.0. The molecule has 0 aliphatic carbocycles. The van der Waals surface area contributed by atoms with Crippen LogP contribution in [0.5, 0.6) is 0 Å². The number of esters is 1. The maximum absolute atomic E-state index is 12.6. The number of benzene rings is 2. The molecule has 0 aliphatic heterocycles. The molecule has 0 amide bonds. The van der Waals surface area contributed by atoms with Crippen molar-refractivity contribution >= 4 is 17.0 Å². The molecule has 2 aromatic rings. The normalized spacial score (nSPS) is 14.3. The van der Waals surface area contributed by atoms with E-state index in [1.54, 1.807) is 6.92 Å².